The zero-order valence-corrected chi connectivity index (χ0v) is 8.22. The van der Waals surface area contributed by atoms with Gasteiger partial charge in [-0.1, -0.05) is 46.9 Å². The van der Waals surface area contributed by atoms with Crippen LogP contribution in [0.3, 0.4) is 0 Å². The van der Waals surface area contributed by atoms with Gasteiger partial charge >= 0.3 is 0 Å². The van der Waals surface area contributed by atoms with E-state index in [0.717, 1.165) is 0 Å². The van der Waals surface area contributed by atoms with Crippen molar-refractivity contribution in [2.75, 3.05) is 0 Å². The Kier molecular flexibility index (Phi) is 34.6. The number of hydrogen-bond donors (Lipinski definition) is 1. The van der Waals surface area contributed by atoms with Crippen LogP contribution in [0.4, 0.5) is 0 Å². The highest BCUT2D eigenvalue weighted by molar-refractivity contribution is 5.16. The van der Waals surface area contributed by atoms with Gasteiger partial charge in [0, 0.05) is 5.70 Å². The highest BCUT2D eigenvalue weighted by Gasteiger charge is 1.69. The van der Waals surface area contributed by atoms with Crippen molar-refractivity contribution in [2.24, 2.45) is 5.73 Å². The Morgan fingerprint density at radius 2 is 1.45 bits per heavy atom. The molecule has 0 aromatic carbocycles. The summed E-state index contributed by atoms with van der Waals surface area (Å²) in [6.07, 6.45) is 4.88. The quantitative estimate of drug-likeness (QED) is 0.609. The second-order valence-corrected chi connectivity index (χ2v) is 1.11. The molecule has 0 amide bonds. The molecule has 1 nitrogen and oxygen atoms in total. The molecular weight excluding hydrogens is 134 g/mol. The maximum Gasteiger partial charge on any atom is 0.0307 e. The van der Waals surface area contributed by atoms with Crippen molar-refractivity contribution in [3.8, 4) is 0 Å². The average Bonchev–Trinajstić information content (AvgIpc) is 2.12. The van der Waals surface area contributed by atoms with Crippen LogP contribution in [0.15, 0.2) is 37.1 Å². The fourth-order valence-electron chi connectivity index (χ4n) is 0.204. The molecule has 0 bridgehead atoms. The van der Waals surface area contributed by atoms with E-state index in [0.29, 0.717) is 5.70 Å². The zero-order valence-electron chi connectivity index (χ0n) is 8.22. The summed E-state index contributed by atoms with van der Waals surface area (Å²) in [6, 6.07) is 0. The molecule has 0 unspecified atom stereocenters. The zero-order chi connectivity index (χ0) is 9.70. The minimum atomic E-state index is 0.648. The molecule has 0 fully saturated rings. The molecule has 2 N–H and O–H groups in total. The first-order chi connectivity index (χ1) is 5.31. The molecule has 0 saturated carbocycles. The molecule has 0 aliphatic heterocycles. The predicted octanol–water partition coefficient (Wildman–Crippen LogP) is 3.25. The molecule has 66 valence electrons. The lowest BCUT2D eigenvalue weighted by Gasteiger charge is -1.81. The molecule has 1 heteroatoms. The van der Waals surface area contributed by atoms with Gasteiger partial charge in [-0.05, 0) is 12.2 Å². The molecule has 0 radical (unpaired) electrons. The van der Waals surface area contributed by atoms with Crippen LogP contribution in [0, 0.1) is 0 Å². The number of hydrogen-bond acceptors (Lipinski definition) is 1. The summed E-state index contributed by atoms with van der Waals surface area (Å²) >= 11 is 0. The van der Waals surface area contributed by atoms with Crippen LogP contribution in [0.5, 0.6) is 0 Å². The van der Waals surface area contributed by atoms with Crippen LogP contribution in [0.1, 0.15) is 27.7 Å². The van der Waals surface area contributed by atoms with E-state index in [4.69, 9.17) is 5.73 Å². The lowest BCUT2D eigenvalue weighted by atomic mass is 10.4. The first-order valence-corrected chi connectivity index (χ1v) is 4.02. The van der Waals surface area contributed by atoms with Crippen molar-refractivity contribution in [1.29, 1.82) is 0 Å². The van der Waals surface area contributed by atoms with E-state index in [9.17, 15) is 0 Å². The van der Waals surface area contributed by atoms with E-state index in [1.807, 2.05) is 27.7 Å². The molecule has 11 heavy (non-hydrogen) atoms. The summed E-state index contributed by atoms with van der Waals surface area (Å²) in [6.45, 7) is 14.9. The smallest absolute Gasteiger partial charge is 0.0307 e. The van der Waals surface area contributed by atoms with Crippen molar-refractivity contribution < 1.29 is 0 Å². The van der Waals surface area contributed by atoms with Crippen LogP contribution in [-0.4, -0.2) is 0 Å². The van der Waals surface area contributed by atoms with Gasteiger partial charge < -0.3 is 5.73 Å². The van der Waals surface area contributed by atoms with Crippen LogP contribution < -0.4 is 5.73 Å². The third kappa shape index (κ3) is 27.5. The third-order valence-electron chi connectivity index (χ3n) is 0.546. The van der Waals surface area contributed by atoms with E-state index in [1.165, 1.54) is 0 Å². The summed E-state index contributed by atoms with van der Waals surface area (Å²) < 4.78 is 0. The Morgan fingerprint density at radius 3 is 1.55 bits per heavy atom. The minimum absolute atomic E-state index is 0.648. The van der Waals surface area contributed by atoms with Gasteiger partial charge in [0.1, 0.15) is 0 Å². The van der Waals surface area contributed by atoms with Gasteiger partial charge in [0.05, 0.1) is 0 Å². The summed E-state index contributed by atoms with van der Waals surface area (Å²) in [5.41, 5.74) is 5.90. The Labute approximate surface area is 71.3 Å². The van der Waals surface area contributed by atoms with Gasteiger partial charge in [-0.3, -0.25) is 0 Å². The first-order valence-electron chi connectivity index (χ1n) is 4.02. The summed E-state index contributed by atoms with van der Waals surface area (Å²) in [5.74, 6) is 0. The van der Waals surface area contributed by atoms with Crippen LogP contribution in [-0.2, 0) is 0 Å². The van der Waals surface area contributed by atoms with E-state index in [-0.39, 0.29) is 0 Å². The Bertz CT molecular complexity index is 101. The van der Waals surface area contributed by atoms with Crippen molar-refractivity contribution in [3.63, 3.8) is 0 Å². The maximum atomic E-state index is 5.26. The number of allylic oxidation sites excluding steroid dienone is 3. The fourth-order valence-corrected chi connectivity index (χ4v) is 0.204. The van der Waals surface area contributed by atoms with Crippen molar-refractivity contribution in [1.82, 2.24) is 0 Å². The highest BCUT2D eigenvalue weighted by Crippen LogP contribution is 1.81. The monoisotopic (exact) mass is 155 g/mol. The normalized spacial score (nSPS) is 7.82. The van der Waals surface area contributed by atoms with Crippen LogP contribution in [0.2, 0.25) is 0 Å². The van der Waals surface area contributed by atoms with Crippen LogP contribution in [0.25, 0.3) is 0 Å². The van der Waals surface area contributed by atoms with Crippen molar-refractivity contribution in [2.45, 2.75) is 27.7 Å². The van der Waals surface area contributed by atoms with Gasteiger partial charge in [0.2, 0.25) is 0 Å². The Morgan fingerprint density at radius 1 is 1.09 bits per heavy atom. The van der Waals surface area contributed by atoms with E-state index >= 15 is 0 Å². The lowest BCUT2D eigenvalue weighted by Crippen LogP contribution is -1.89. The highest BCUT2D eigenvalue weighted by atomic mass is 14.5. The first kappa shape index (κ1) is 16.5. The van der Waals surface area contributed by atoms with E-state index < -0.39 is 0 Å². The van der Waals surface area contributed by atoms with Gasteiger partial charge in [0.25, 0.3) is 0 Å². The third-order valence-corrected chi connectivity index (χ3v) is 0.546. The molecule has 0 spiro atoms. The number of rotatable bonds is 2. The molecule has 0 heterocycles. The SMILES string of the molecule is C=C/C=C(/N)C=C.CC.CC. The van der Waals surface area contributed by atoms with E-state index in [1.54, 1.807) is 18.2 Å². The summed E-state index contributed by atoms with van der Waals surface area (Å²) in [5, 5.41) is 0. The average molecular weight is 155 g/mol. The number of nitrogens with two attached hydrogens (primary N) is 1. The molecule has 0 aromatic heterocycles. The molecular formula is C10H21N. The Hall–Kier alpha value is -0.980. The maximum absolute atomic E-state index is 5.26. The fraction of sp³-hybridized carbons (Fsp3) is 0.400. The predicted molar refractivity (Wildman–Crippen MR) is 55.4 cm³/mol. The van der Waals surface area contributed by atoms with Crippen molar-refractivity contribution >= 4 is 0 Å². The van der Waals surface area contributed by atoms with Gasteiger partial charge in [-0.25, -0.2) is 0 Å². The molecule has 0 aromatic rings. The second-order valence-electron chi connectivity index (χ2n) is 1.11. The Balaban J connectivity index is -0.000000138. The molecule has 0 aliphatic rings. The van der Waals surface area contributed by atoms with Gasteiger partial charge in [-0.15, -0.1) is 0 Å². The molecule has 0 aliphatic carbocycles. The van der Waals surface area contributed by atoms with Crippen LogP contribution >= 0.6 is 0 Å². The minimum Gasteiger partial charge on any atom is -0.399 e. The van der Waals surface area contributed by atoms with Gasteiger partial charge in [0.15, 0.2) is 0 Å². The molecule has 0 saturated heterocycles. The van der Waals surface area contributed by atoms with E-state index in [2.05, 4.69) is 13.2 Å². The summed E-state index contributed by atoms with van der Waals surface area (Å²) in [4.78, 5) is 0. The molecule has 0 atom stereocenters. The van der Waals surface area contributed by atoms with Crippen molar-refractivity contribution in [3.05, 3.63) is 37.1 Å². The van der Waals surface area contributed by atoms with Gasteiger partial charge in [-0.2, -0.15) is 0 Å². The standard InChI is InChI=1S/C6H9N.2C2H6/c1-3-5-6(7)4-2;2*1-2/h3-5H,1-2,7H2;2*1-2H3/b6-5+;;. The largest absolute Gasteiger partial charge is 0.399 e. The molecule has 0 rings (SSSR count). The topological polar surface area (TPSA) is 26.0 Å². The summed E-state index contributed by atoms with van der Waals surface area (Å²) in [7, 11) is 0. The second kappa shape index (κ2) is 23.0. The lowest BCUT2D eigenvalue weighted by molar-refractivity contribution is 1.44.